The number of carbonyl (C=O) groups is 1. The van der Waals surface area contributed by atoms with Gasteiger partial charge in [-0.15, -0.1) is 0 Å². The van der Waals surface area contributed by atoms with Crippen LogP contribution in [0.25, 0.3) is 10.8 Å². The molecule has 6 nitrogen and oxygen atoms in total. The van der Waals surface area contributed by atoms with Gasteiger partial charge in [0.1, 0.15) is 6.54 Å². The van der Waals surface area contributed by atoms with Crippen LogP contribution < -0.4 is 10.5 Å². The topological polar surface area (TPSA) is 68.1 Å². The molecular weight excluding hydrogens is 412 g/mol. The zero-order chi connectivity index (χ0) is 22.0. The van der Waals surface area contributed by atoms with Gasteiger partial charge in [-0.05, 0) is 42.3 Å². The van der Waals surface area contributed by atoms with Crippen LogP contribution >= 0.6 is 11.6 Å². The van der Waals surface area contributed by atoms with E-state index in [1.54, 1.807) is 37.6 Å². The number of hydrogen-bond donors (Lipinski definition) is 0. The lowest BCUT2D eigenvalue weighted by Crippen LogP contribution is -2.36. The molecule has 0 aliphatic rings. The summed E-state index contributed by atoms with van der Waals surface area (Å²) in [5.41, 5.74) is 3.01. The largest absolute Gasteiger partial charge is 0.314 e. The van der Waals surface area contributed by atoms with E-state index in [-0.39, 0.29) is 18.0 Å². The highest BCUT2D eigenvalue weighted by Crippen LogP contribution is 2.24. The second-order valence-electron chi connectivity index (χ2n) is 7.38. The highest BCUT2D eigenvalue weighted by molar-refractivity contribution is 6.31. The smallest absolute Gasteiger partial charge is 0.275 e. The van der Waals surface area contributed by atoms with E-state index in [2.05, 4.69) is 10.1 Å². The third kappa shape index (κ3) is 4.34. The summed E-state index contributed by atoms with van der Waals surface area (Å²) in [4.78, 5) is 31.7. The fraction of sp³-hybridized carbons (Fsp3) is 0.167. The van der Waals surface area contributed by atoms with Crippen LogP contribution in [0.1, 0.15) is 16.8 Å². The van der Waals surface area contributed by atoms with Crippen LogP contribution in [0.3, 0.4) is 0 Å². The molecule has 7 heteroatoms. The normalized spacial score (nSPS) is 10.9. The Morgan fingerprint density at radius 2 is 1.87 bits per heavy atom. The molecule has 2 aromatic carbocycles. The fourth-order valence-electron chi connectivity index (χ4n) is 3.55. The van der Waals surface area contributed by atoms with Crippen LogP contribution in [0.4, 0.5) is 5.69 Å². The first-order valence-corrected chi connectivity index (χ1v) is 10.2. The molecule has 0 saturated carbocycles. The lowest BCUT2D eigenvalue weighted by molar-refractivity contribution is -0.119. The third-order valence-corrected chi connectivity index (χ3v) is 5.47. The van der Waals surface area contributed by atoms with E-state index in [0.717, 1.165) is 22.2 Å². The maximum absolute atomic E-state index is 13.0. The summed E-state index contributed by atoms with van der Waals surface area (Å²) in [7, 11) is 1.67. The maximum Gasteiger partial charge on any atom is 0.275 e. The number of halogens is 1. The Balaban J connectivity index is 1.72. The molecular formula is C24H21ClN4O2. The van der Waals surface area contributed by atoms with E-state index in [9.17, 15) is 9.59 Å². The van der Waals surface area contributed by atoms with Crippen molar-refractivity contribution in [2.45, 2.75) is 19.9 Å². The molecule has 2 heterocycles. The summed E-state index contributed by atoms with van der Waals surface area (Å²) < 4.78 is 1.24. The molecule has 0 radical (unpaired) electrons. The van der Waals surface area contributed by atoms with Crippen LogP contribution in [-0.4, -0.2) is 27.7 Å². The van der Waals surface area contributed by atoms with E-state index in [1.807, 2.05) is 43.3 Å². The Bertz CT molecular complexity index is 1320. The quantitative estimate of drug-likeness (QED) is 0.478. The summed E-state index contributed by atoms with van der Waals surface area (Å²) in [5, 5.41) is 6.41. The Labute approximate surface area is 184 Å². The van der Waals surface area contributed by atoms with Crippen LogP contribution in [-0.2, 0) is 17.8 Å². The van der Waals surface area contributed by atoms with Crippen molar-refractivity contribution < 1.29 is 4.79 Å². The van der Waals surface area contributed by atoms with Crippen LogP contribution in [0.15, 0.2) is 71.8 Å². The van der Waals surface area contributed by atoms with Gasteiger partial charge >= 0.3 is 0 Å². The van der Waals surface area contributed by atoms with Gasteiger partial charge < -0.3 is 4.90 Å². The summed E-state index contributed by atoms with van der Waals surface area (Å²) in [6.45, 7) is 1.73. The predicted octanol–water partition coefficient (Wildman–Crippen LogP) is 4.01. The molecule has 0 saturated heterocycles. The van der Waals surface area contributed by atoms with Crippen molar-refractivity contribution in [1.29, 1.82) is 0 Å². The average molecular weight is 433 g/mol. The number of rotatable bonds is 5. The number of aromatic nitrogens is 3. The summed E-state index contributed by atoms with van der Waals surface area (Å²) >= 11 is 6.10. The molecule has 0 fully saturated rings. The minimum atomic E-state index is -0.296. The standard InChI is InChI=1S/C24H21ClN4O2/c1-16-9-10-18(25)13-22(16)28(2)23(30)15-29-24(31)20-8-4-3-7-19(20)21(27-29)12-17-6-5-11-26-14-17/h3-11,13-14H,12,15H2,1-2H3. The van der Waals surface area contributed by atoms with E-state index >= 15 is 0 Å². The molecule has 0 unspecified atom stereocenters. The molecule has 0 bridgehead atoms. The first kappa shape index (κ1) is 20.8. The summed E-state index contributed by atoms with van der Waals surface area (Å²) in [6.07, 6.45) is 3.99. The van der Waals surface area contributed by atoms with Gasteiger partial charge in [0.15, 0.2) is 0 Å². The van der Waals surface area contributed by atoms with Gasteiger partial charge in [0.05, 0.1) is 11.1 Å². The molecule has 4 rings (SSSR count). The SMILES string of the molecule is Cc1ccc(Cl)cc1N(C)C(=O)Cn1nc(Cc2cccnc2)c2ccccc2c1=O. The number of likely N-dealkylation sites (N-methyl/N-ethyl adjacent to an activating group) is 1. The van der Waals surface area contributed by atoms with Gasteiger partial charge in [-0.3, -0.25) is 14.6 Å². The van der Waals surface area contributed by atoms with E-state index in [1.165, 1.54) is 9.58 Å². The first-order valence-electron chi connectivity index (χ1n) is 9.84. The third-order valence-electron chi connectivity index (χ3n) is 5.23. The van der Waals surface area contributed by atoms with Gasteiger partial charge in [0.2, 0.25) is 5.91 Å². The number of hydrogen-bond acceptors (Lipinski definition) is 4. The fourth-order valence-corrected chi connectivity index (χ4v) is 3.72. The average Bonchev–Trinajstić information content (AvgIpc) is 2.78. The Kier molecular flexibility index (Phi) is 5.82. The van der Waals surface area contributed by atoms with Crippen molar-refractivity contribution in [2.24, 2.45) is 0 Å². The monoisotopic (exact) mass is 432 g/mol. The Hall–Kier alpha value is -3.51. The minimum Gasteiger partial charge on any atom is -0.314 e. The number of anilines is 1. The number of carbonyl (C=O) groups excluding carboxylic acids is 1. The molecule has 0 N–H and O–H groups in total. The summed E-state index contributed by atoms with van der Waals surface area (Å²) in [5.74, 6) is -0.262. The van der Waals surface area contributed by atoms with Crippen molar-refractivity contribution in [2.75, 3.05) is 11.9 Å². The molecule has 1 amide bonds. The van der Waals surface area contributed by atoms with Crippen LogP contribution in [0.2, 0.25) is 5.02 Å². The number of fused-ring (bicyclic) bond motifs is 1. The van der Waals surface area contributed by atoms with E-state index < -0.39 is 0 Å². The number of aryl methyl sites for hydroxylation is 1. The second-order valence-corrected chi connectivity index (χ2v) is 7.81. The second kappa shape index (κ2) is 8.70. The van der Waals surface area contributed by atoms with Crippen molar-refractivity contribution >= 4 is 34.0 Å². The molecule has 4 aromatic rings. The molecule has 0 aliphatic heterocycles. The number of benzene rings is 2. The van der Waals surface area contributed by atoms with Crippen molar-refractivity contribution in [3.8, 4) is 0 Å². The summed E-state index contributed by atoms with van der Waals surface area (Å²) in [6, 6.07) is 16.5. The van der Waals surface area contributed by atoms with Crippen LogP contribution in [0, 0.1) is 6.92 Å². The minimum absolute atomic E-state index is 0.174. The number of nitrogens with zero attached hydrogens (tertiary/aromatic N) is 4. The predicted molar refractivity (Wildman–Crippen MR) is 123 cm³/mol. The lowest BCUT2D eigenvalue weighted by atomic mass is 10.1. The Morgan fingerprint density at radius 1 is 1.10 bits per heavy atom. The van der Waals surface area contributed by atoms with Crippen molar-refractivity contribution in [1.82, 2.24) is 14.8 Å². The first-order chi connectivity index (χ1) is 14.9. The molecule has 0 spiro atoms. The number of amides is 1. The van der Waals surface area contributed by atoms with Crippen molar-refractivity contribution in [3.63, 3.8) is 0 Å². The van der Waals surface area contributed by atoms with Gasteiger partial charge in [0, 0.05) is 42.0 Å². The van der Waals surface area contributed by atoms with Gasteiger partial charge in [-0.25, -0.2) is 4.68 Å². The van der Waals surface area contributed by atoms with E-state index in [4.69, 9.17) is 11.6 Å². The number of pyridine rings is 1. The van der Waals surface area contributed by atoms with Crippen LogP contribution in [0.5, 0.6) is 0 Å². The lowest BCUT2D eigenvalue weighted by Gasteiger charge is -2.20. The zero-order valence-corrected chi connectivity index (χ0v) is 18.0. The van der Waals surface area contributed by atoms with Crippen molar-refractivity contribution in [3.05, 3.63) is 99.2 Å². The Morgan fingerprint density at radius 3 is 2.61 bits per heavy atom. The maximum atomic E-state index is 13.0. The molecule has 2 aromatic heterocycles. The molecule has 0 atom stereocenters. The van der Waals surface area contributed by atoms with E-state index in [0.29, 0.717) is 22.5 Å². The molecule has 0 aliphatic carbocycles. The molecule has 156 valence electrons. The van der Waals surface area contributed by atoms with Gasteiger partial charge in [-0.1, -0.05) is 41.9 Å². The van der Waals surface area contributed by atoms with Gasteiger partial charge in [0.25, 0.3) is 5.56 Å². The van der Waals surface area contributed by atoms with Gasteiger partial charge in [-0.2, -0.15) is 5.10 Å². The highest BCUT2D eigenvalue weighted by Gasteiger charge is 2.18. The zero-order valence-electron chi connectivity index (χ0n) is 17.2. The highest BCUT2D eigenvalue weighted by atomic mass is 35.5. The molecule has 31 heavy (non-hydrogen) atoms.